The minimum Gasteiger partial charge on any atom is -0.467 e. The molecule has 2 aromatic rings. The molecule has 1 aromatic carbocycles. The number of nitrogen functional groups attached to an aromatic ring is 1. The first-order valence-corrected chi connectivity index (χ1v) is 7.24. The van der Waals surface area contributed by atoms with Crippen LogP contribution in [0.15, 0.2) is 42.6 Å². The van der Waals surface area contributed by atoms with Crippen LogP contribution in [0.25, 0.3) is 0 Å². The van der Waals surface area contributed by atoms with Crippen molar-refractivity contribution in [2.24, 2.45) is 0 Å². The third-order valence-electron chi connectivity index (χ3n) is 4.09. The Morgan fingerprint density at radius 1 is 1.17 bits per heavy atom. The van der Waals surface area contributed by atoms with Gasteiger partial charge in [-0.15, -0.1) is 0 Å². The second-order valence-corrected chi connectivity index (χ2v) is 5.59. The number of nitrogens with two attached hydrogens (primary N) is 1. The van der Waals surface area contributed by atoms with E-state index in [2.05, 4.69) is 10.3 Å². The predicted molar refractivity (Wildman–Crippen MR) is 84.7 cm³/mol. The normalized spacial score (nSPS) is 14.8. The van der Waals surface area contributed by atoms with Gasteiger partial charge >= 0.3 is 5.97 Å². The quantitative estimate of drug-likeness (QED) is 0.828. The van der Waals surface area contributed by atoms with Crippen molar-refractivity contribution in [1.29, 1.82) is 0 Å². The molecule has 1 aliphatic carbocycles. The Hall–Kier alpha value is -2.89. The number of rotatable bonds is 3. The van der Waals surface area contributed by atoms with Crippen molar-refractivity contribution in [3.8, 4) is 0 Å². The number of anilines is 1. The predicted octanol–water partition coefficient (Wildman–Crippen LogP) is 1.10. The van der Waals surface area contributed by atoms with Crippen molar-refractivity contribution in [3.05, 3.63) is 59.4 Å². The standard InChI is InChI=1S/C17H17N3O3/c1-23-16(22)17(9-11-5-2-3-6-12(11)10-17)20-15(21)14-13(18)7-4-8-19-14/h2-8H,9-10,18H2,1H3,(H,20,21). The maximum absolute atomic E-state index is 12.5. The van der Waals surface area contributed by atoms with Gasteiger partial charge in [0.25, 0.3) is 5.91 Å². The highest BCUT2D eigenvalue weighted by molar-refractivity contribution is 6.00. The zero-order chi connectivity index (χ0) is 16.4. The largest absolute Gasteiger partial charge is 0.467 e. The van der Waals surface area contributed by atoms with E-state index in [-0.39, 0.29) is 11.4 Å². The van der Waals surface area contributed by atoms with E-state index in [1.165, 1.54) is 13.3 Å². The molecule has 0 unspecified atom stereocenters. The van der Waals surface area contributed by atoms with Crippen LogP contribution in [-0.4, -0.2) is 29.5 Å². The molecule has 1 aliphatic rings. The van der Waals surface area contributed by atoms with Crippen LogP contribution < -0.4 is 11.1 Å². The highest BCUT2D eigenvalue weighted by Gasteiger charge is 2.46. The number of amides is 1. The van der Waals surface area contributed by atoms with Crippen LogP contribution in [0.3, 0.4) is 0 Å². The molecule has 3 N–H and O–H groups in total. The van der Waals surface area contributed by atoms with Gasteiger partial charge in [-0.1, -0.05) is 24.3 Å². The summed E-state index contributed by atoms with van der Waals surface area (Å²) in [5, 5.41) is 2.79. The van der Waals surface area contributed by atoms with Crippen molar-refractivity contribution in [2.75, 3.05) is 12.8 Å². The number of benzene rings is 1. The Labute approximate surface area is 133 Å². The summed E-state index contributed by atoms with van der Waals surface area (Å²) in [5.41, 5.74) is 7.08. The van der Waals surface area contributed by atoms with E-state index in [1.807, 2.05) is 24.3 Å². The maximum Gasteiger partial charge on any atom is 0.332 e. The minimum atomic E-state index is -1.13. The van der Waals surface area contributed by atoms with Crippen LogP contribution in [0.4, 0.5) is 5.69 Å². The number of ether oxygens (including phenoxy) is 1. The summed E-state index contributed by atoms with van der Waals surface area (Å²) < 4.78 is 4.93. The number of fused-ring (bicyclic) bond motifs is 1. The van der Waals surface area contributed by atoms with Gasteiger partial charge in [-0.25, -0.2) is 9.78 Å². The molecule has 0 atom stereocenters. The van der Waals surface area contributed by atoms with Crippen LogP contribution in [0.2, 0.25) is 0 Å². The molecule has 0 spiro atoms. The molecule has 118 valence electrons. The second-order valence-electron chi connectivity index (χ2n) is 5.59. The maximum atomic E-state index is 12.5. The van der Waals surface area contributed by atoms with E-state index < -0.39 is 17.4 Å². The Kier molecular flexibility index (Phi) is 3.73. The van der Waals surface area contributed by atoms with Gasteiger partial charge in [0, 0.05) is 19.0 Å². The first-order chi connectivity index (χ1) is 11.1. The molecule has 0 saturated heterocycles. The lowest BCUT2D eigenvalue weighted by Gasteiger charge is -2.27. The van der Waals surface area contributed by atoms with E-state index in [0.717, 1.165) is 11.1 Å². The highest BCUT2D eigenvalue weighted by atomic mass is 16.5. The fourth-order valence-corrected chi connectivity index (χ4v) is 2.98. The van der Waals surface area contributed by atoms with Crippen molar-refractivity contribution in [2.45, 2.75) is 18.4 Å². The van der Waals surface area contributed by atoms with Crippen LogP contribution in [-0.2, 0) is 22.4 Å². The van der Waals surface area contributed by atoms with Crippen molar-refractivity contribution < 1.29 is 14.3 Å². The molecule has 0 radical (unpaired) electrons. The van der Waals surface area contributed by atoms with Crippen molar-refractivity contribution in [3.63, 3.8) is 0 Å². The Bertz CT molecular complexity index is 748. The van der Waals surface area contributed by atoms with E-state index in [9.17, 15) is 9.59 Å². The molecule has 0 saturated carbocycles. The van der Waals surface area contributed by atoms with Gasteiger partial charge in [0.15, 0.2) is 5.69 Å². The topological polar surface area (TPSA) is 94.3 Å². The monoisotopic (exact) mass is 311 g/mol. The minimum absolute atomic E-state index is 0.103. The van der Waals surface area contributed by atoms with E-state index in [1.54, 1.807) is 12.1 Å². The molecule has 6 heteroatoms. The zero-order valence-corrected chi connectivity index (χ0v) is 12.7. The zero-order valence-electron chi connectivity index (χ0n) is 12.7. The van der Waals surface area contributed by atoms with Crippen molar-refractivity contribution >= 4 is 17.6 Å². The van der Waals surface area contributed by atoms with Gasteiger partial charge in [0.05, 0.1) is 12.8 Å². The highest BCUT2D eigenvalue weighted by Crippen LogP contribution is 2.31. The average Bonchev–Trinajstić information content (AvgIpc) is 2.93. The Balaban J connectivity index is 1.92. The molecule has 1 amide bonds. The first-order valence-electron chi connectivity index (χ1n) is 7.24. The Morgan fingerprint density at radius 3 is 2.39 bits per heavy atom. The molecule has 1 heterocycles. The van der Waals surface area contributed by atoms with Crippen LogP contribution in [0, 0.1) is 0 Å². The fraction of sp³-hybridized carbons (Fsp3) is 0.235. The van der Waals surface area contributed by atoms with Gasteiger partial charge in [-0.05, 0) is 23.3 Å². The molecule has 0 aliphatic heterocycles. The summed E-state index contributed by atoms with van der Waals surface area (Å²) in [4.78, 5) is 28.9. The number of carbonyl (C=O) groups excluding carboxylic acids is 2. The molecule has 6 nitrogen and oxygen atoms in total. The van der Waals surface area contributed by atoms with Crippen LogP contribution in [0.5, 0.6) is 0 Å². The number of carbonyl (C=O) groups is 2. The van der Waals surface area contributed by atoms with E-state index in [0.29, 0.717) is 12.8 Å². The van der Waals surface area contributed by atoms with Gasteiger partial charge in [0.1, 0.15) is 5.54 Å². The SMILES string of the molecule is COC(=O)C1(NC(=O)c2ncccc2N)Cc2ccccc2C1. The number of aromatic nitrogens is 1. The summed E-state index contributed by atoms with van der Waals surface area (Å²) in [6.45, 7) is 0. The second kappa shape index (κ2) is 5.72. The number of methoxy groups -OCH3 is 1. The van der Waals surface area contributed by atoms with Gasteiger partial charge in [-0.2, -0.15) is 0 Å². The van der Waals surface area contributed by atoms with Gasteiger partial charge in [-0.3, -0.25) is 4.79 Å². The smallest absolute Gasteiger partial charge is 0.332 e. The number of nitrogens with one attached hydrogen (secondary N) is 1. The average molecular weight is 311 g/mol. The first kappa shape index (κ1) is 15.0. The molecule has 1 aromatic heterocycles. The lowest BCUT2D eigenvalue weighted by Crippen LogP contribution is -2.56. The third-order valence-corrected chi connectivity index (χ3v) is 4.09. The molecular weight excluding hydrogens is 294 g/mol. The number of esters is 1. The molecule has 23 heavy (non-hydrogen) atoms. The summed E-state index contributed by atoms with van der Waals surface area (Å²) in [6.07, 6.45) is 2.25. The fourth-order valence-electron chi connectivity index (χ4n) is 2.98. The molecular formula is C17H17N3O3. The number of pyridine rings is 1. The molecule has 0 bridgehead atoms. The molecule has 3 rings (SSSR count). The summed E-state index contributed by atoms with van der Waals surface area (Å²) in [7, 11) is 1.31. The summed E-state index contributed by atoms with van der Waals surface area (Å²) >= 11 is 0. The van der Waals surface area contributed by atoms with Crippen molar-refractivity contribution in [1.82, 2.24) is 10.3 Å². The lowest BCUT2D eigenvalue weighted by molar-refractivity contribution is -0.147. The third kappa shape index (κ3) is 2.63. The summed E-state index contributed by atoms with van der Waals surface area (Å²) in [6, 6.07) is 10.9. The van der Waals surface area contributed by atoms with Crippen LogP contribution >= 0.6 is 0 Å². The van der Waals surface area contributed by atoms with Gasteiger partial charge < -0.3 is 15.8 Å². The van der Waals surface area contributed by atoms with E-state index >= 15 is 0 Å². The summed E-state index contributed by atoms with van der Waals surface area (Å²) in [5.74, 6) is -0.960. The lowest BCUT2D eigenvalue weighted by atomic mass is 9.95. The van der Waals surface area contributed by atoms with Crippen LogP contribution in [0.1, 0.15) is 21.6 Å². The number of nitrogens with zero attached hydrogens (tertiary/aromatic N) is 1. The number of hydrogen-bond donors (Lipinski definition) is 2. The molecule has 0 fully saturated rings. The number of hydrogen-bond acceptors (Lipinski definition) is 5. The van der Waals surface area contributed by atoms with E-state index in [4.69, 9.17) is 10.5 Å². The Morgan fingerprint density at radius 2 is 1.83 bits per heavy atom. The van der Waals surface area contributed by atoms with Gasteiger partial charge in [0.2, 0.25) is 0 Å².